The van der Waals surface area contributed by atoms with Crippen molar-refractivity contribution in [2.45, 2.75) is 57.2 Å². The number of guanidine groups is 1. The van der Waals surface area contributed by atoms with Crippen molar-refractivity contribution in [1.29, 1.82) is 0 Å². The molecule has 1 saturated carbocycles. The highest BCUT2D eigenvalue weighted by molar-refractivity contribution is 5.80. The highest BCUT2D eigenvalue weighted by Gasteiger charge is 2.31. The summed E-state index contributed by atoms with van der Waals surface area (Å²) in [5.74, 6) is 0.833. The van der Waals surface area contributed by atoms with Gasteiger partial charge in [-0.15, -0.1) is 0 Å². The van der Waals surface area contributed by atoms with E-state index in [9.17, 15) is 5.11 Å². The summed E-state index contributed by atoms with van der Waals surface area (Å²) < 4.78 is 0. The normalized spacial score (nSPS) is 21.1. The molecule has 1 unspecified atom stereocenters. The summed E-state index contributed by atoms with van der Waals surface area (Å²) >= 11 is 0. The number of likely N-dealkylation sites (tertiary alicyclic amines) is 1. The Labute approximate surface area is 151 Å². The molecule has 2 aliphatic rings. The van der Waals surface area contributed by atoms with Crippen molar-refractivity contribution in [2.75, 3.05) is 26.2 Å². The van der Waals surface area contributed by atoms with Gasteiger partial charge in [-0.1, -0.05) is 30.3 Å². The van der Waals surface area contributed by atoms with Gasteiger partial charge in [0.05, 0.1) is 12.6 Å². The summed E-state index contributed by atoms with van der Waals surface area (Å²) in [6.45, 7) is 5.72. The van der Waals surface area contributed by atoms with E-state index in [4.69, 9.17) is 0 Å². The van der Waals surface area contributed by atoms with E-state index in [0.29, 0.717) is 19.0 Å². The quantitative estimate of drug-likeness (QED) is 0.521. The first-order chi connectivity index (χ1) is 12.2. The summed E-state index contributed by atoms with van der Waals surface area (Å²) in [7, 11) is 0. The molecule has 1 aromatic carbocycles. The van der Waals surface area contributed by atoms with E-state index in [2.05, 4.69) is 27.4 Å². The largest absolute Gasteiger partial charge is 0.391 e. The zero-order chi connectivity index (χ0) is 17.5. The molecule has 5 nitrogen and oxygen atoms in total. The van der Waals surface area contributed by atoms with Crippen LogP contribution in [-0.4, -0.2) is 60.3 Å². The number of aliphatic hydroxyl groups is 1. The lowest BCUT2D eigenvalue weighted by atomic mass is 10.1. The fourth-order valence-electron chi connectivity index (χ4n) is 3.51. The van der Waals surface area contributed by atoms with Crippen LogP contribution in [0, 0.1) is 0 Å². The molecular weight excluding hydrogens is 312 g/mol. The van der Waals surface area contributed by atoms with Gasteiger partial charge in [-0.25, -0.2) is 0 Å². The number of hydrogen-bond acceptors (Lipinski definition) is 3. The molecule has 5 heteroatoms. The van der Waals surface area contributed by atoms with Gasteiger partial charge in [-0.05, 0) is 38.2 Å². The number of piperidine rings is 1. The Kier molecular flexibility index (Phi) is 6.70. The molecule has 0 radical (unpaired) electrons. The Hall–Kier alpha value is -1.59. The number of nitrogens with one attached hydrogen (secondary N) is 2. The molecule has 3 rings (SSSR count). The van der Waals surface area contributed by atoms with Crippen molar-refractivity contribution in [1.82, 2.24) is 15.5 Å². The van der Waals surface area contributed by atoms with E-state index in [1.807, 2.05) is 30.3 Å². The molecule has 0 bridgehead atoms. The van der Waals surface area contributed by atoms with Gasteiger partial charge in [-0.2, -0.15) is 0 Å². The van der Waals surface area contributed by atoms with Crippen LogP contribution in [0.1, 0.15) is 38.2 Å². The molecule has 1 aliphatic carbocycles. The molecule has 0 amide bonds. The van der Waals surface area contributed by atoms with Crippen LogP contribution in [0.15, 0.2) is 35.3 Å². The smallest absolute Gasteiger partial charge is 0.191 e. The zero-order valence-corrected chi connectivity index (χ0v) is 15.3. The van der Waals surface area contributed by atoms with Gasteiger partial charge in [0, 0.05) is 38.1 Å². The summed E-state index contributed by atoms with van der Waals surface area (Å²) in [6, 6.07) is 11.5. The van der Waals surface area contributed by atoms with Crippen molar-refractivity contribution in [3.8, 4) is 0 Å². The Bertz CT molecular complexity index is 536. The first-order valence-corrected chi connectivity index (χ1v) is 9.75. The summed E-state index contributed by atoms with van der Waals surface area (Å²) in [5, 5.41) is 17.1. The van der Waals surface area contributed by atoms with Gasteiger partial charge in [0.2, 0.25) is 0 Å². The third-order valence-corrected chi connectivity index (χ3v) is 5.05. The van der Waals surface area contributed by atoms with Crippen LogP contribution < -0.4 is 10.6 Å². The first-order valence-electron chi connectivity index (χ1n) is 9.75. The monoisotopic (exact) mass is 344 g/mol. The summed E-state index contributed by atoms with van der Waals surface area (Å²) in [6.07, 6.45) is 5.32. The fourth-order valence-corrected chi connectivity index (χ4v) is 3.51. The Morgan fingerprint density at radius 2 is 1.92 bits per heavy atom. The minimum absolute atomic E-state index is 0.422. The Balaban J connectivity index is 1.45. The van der Waals surface area contributed by atoms with Crippen LogP contribution in [0.5, 0.6) is 0 Å². The first kappa shape index (κ1) is 18.2. The zero-order valence-electron chi connectivity index (χ0n) is 15.3. The number of aliphatic hydroxyl groups excluding tert-OH is 1. The van der Waals surface area contributed by atoms with Crippen LogP contribution in [0.3, 0.4) is 0 Å². The third kappa shape index (κ3) is 6.01. The van der Waals surface area contributed by atoms with E-state index in [1.165, 1.54) is 38.8 Å². The molecule has 138 valence electrons. The highest BCUT2D eigenvalue weighted by Crippen LogP contribution is 2.29. The summed E-state index contributed by atoms with van der Waals surface area (Å²) in [4.78, 5) is 7.23. The Morgan fingerprint density at radius 3 is 2.56 bits per heavy atom. The predicted octanol–water partition coefficient (Wildman–Crippen LogP) is 1.77. The van der Waals surface area contributed by atoms with Crippen molar-refractivity contribution in [2.24, 2.45) is 4.99 Å². The average molecular weight is 345 g/mol. The minimum Gasteiger partial charge on any atom is -0.391 e. The van der Waals surface area contributed by atoms with Crippen LogP contribution >= 0.6 is 0 Å². The molecule has 1 aromatic rings. The molecule has 3 N–H and O–H groups in total. The molecule has 25 heavy (non-hydrogen) atoms. The molecule has 1 atom stereocenters. The highest BCUT2D eigenvalue weighted by atomic mass is 16.3. The second-order valence-electron chi connectivity index (χ2n) is 7.25. The molecule has 2 fully saturated rings. The van der Waals surface area contributed by atoms with Crippen molar-refractivity contribution < 1.29 is 5.11 Å². The third-order valence-electron chi connectivity index (χ3n) is 5.05. The SMILES string of the molecule is CCNC(=NCC(O)Cc1ccccc1)NC1CCN(C2CC2)CC1. The number of hydrogen-bond donors (Lipinski definition) is 3. The topological polar surface area (TPSA) is 59.9 Å². The van der Waals surface area contributed by atoms with Gasteiger partial charge in [0.25, 0.3) is 0 Å². The van der Waals surface area contributed by atoms with Crippen molar-refractivity contribution in [3.63, 3.8) is 0 Å². The maximum atomic E-state index is 10.3. The lowest BCUT2D eigenvalue weighted by molar-refractivity contribution is 0.183. The standard InChI is InChI=1S/C20H32N4O/c1-2-21-20(22-15-19(25)14-16-6-4-3-5-7-16)23-17-10-12-24(13-11-17)18-8-9-18/h3-7,17-19,25H,2,8-15H2,1H3,(H2,21,22,23). The van der Waals surface area contributed by atoms with Crippen molar-refractivity contribution in [3.05, 3.63) is 35.9 Å². The maximum absolute atomic E-state index is 10.3. The predicted molar refractivity (Wildman–Crippen MR) is 103 cm³/mol. The second kappa shape index (κ2) is 9.20. The number of aliphatic imine (C=N–C) groups is 1. The van der Waals surface area contributed by atoms with E-state index in [0.717, 1.165) is 24.1 Å². The van der Waals surface area contributed by atoms with E-state index >= 15 is 0 Å². The fraction of sp³-hybridized carbons (Fsp3) is 0.650. The number of nitrogens with zero attached hydrogens (tertiary/aromatic N) is 2. The lowest BCUT2D eigenvalue weighted by Gasteiger charge is -2.33. The minimum atomic E-state index is -0.449. The van der Waals surface area contributed by atoms with Crippen molar-refractivity contribution >= 4 is 5.96 Å². The molecule has 0 aromatic heterocycles. The molecule has 1 heterocycles. The van der Waals surface area contributed by atoms with Crippen LogP contribution in [0.25, 0.3) is 0 Å². The van der Waals surface area contributed by atoms with E-state index < -0.39 is 6.10 Å². The second-order valence-corrected chi connectivity index (χ2v) is 7.25. The Morgan fingerprint density at radius 1 is 1.20 bits per heavy atom. The number of rotatable bonds is 7. The molecule has 1 aliphatic heterocycles. The lowest BCUT2D eigenvalue weighted by Crippen LogP contribution is -2.49. The molecular formula is C20H32N4O. The van der Waals surface area contributed by atoms with Gasteiger partial charge in [0.15, 0.2) is 5.96 Å². The van der Waals surface area contributed by atoms with Gasteiger partial charge in [-0.3, -0.25) is 4.99 Å². The number of benzene rings is 1. The molecule has 1 saturated heterocycles. The van der Waals surface area contributed by atoms with Crippen LogP contribution in [0.4, 0.5) is 0 Å². The van der Waals surface area contributed by atoms with E-state index in [-0.39, 0.29) is 0 Å². The summed E-state index contributed by atoms with van der Waals surface area (Å²) in [5.41, 5.74) is 1.15. The van der Waals surface area contributed by atoms with Crippen LogP contribution in [0.2, 0.25) is 0 Å². The van der Waals surface area contributed by atoms with Gasteiger partial charge in [0.1, 0.15) is 0 Å². The van der Waals surface area contributed by atoms with Gasteiger partial charge >= 0.3 is 0 Å². The van der Waals surface area contributed by atoms with E-state index in [1.54, 1.807) is 0 Å². The van der Waals surface area contributed by atoms with Gasteiger partial charge < -0.3 is 20.6 Å². The maximum Gasteiger partial charge on any atom is 0.191 e. The molecule has 0 spiro atoms. The average Bonchev–Trinajstić information content (AvgIpc) is 3.47. The van der Waals surface area contributed by atoms with Crippen LogP contribution in [-0.2, 0) is 6.42 Å².